The van der Waals surface area contributed by atoms with Gasteiger partial charge in [0, 0.05) is 12.6 Å². The summed E-state index contributed by atoms with van der Waals surface area (Å²) < 4.78 is 7.35. The first-order valence-electron chi connectivity index (χ1n) is 6.56. The number of thioether (sulfide) groups is 1. The quantitative estimate of drug-likeness (QED) is 0.829. The Bertz CT molecular complexity index is 649. The third-order valence-electron chi connectivity index (χ3n) is 3.38. The van der Waals surface area contributed by atoms with Crippen molar-refractivity contribution in [2.75, 3.05) is 12.9 Å². The van der Waals surface area contributed by atoms with E-state index in [-0.39, 0.29) is 5.75 Å². The Morgan fingerprint density at radius 3 is 3.00 bits per heavy atom. The van der Waals surface area contributed by atoms with Gasteiger partial charge in [-0.05, 0) is 30.9 Å². The molecule has 0 unspecified atom stereocenters. The van der Waals surface area contributed by atoms with Crippen molar-refractivity contribution in [3.8, 4) is 5.75 Å². The van der Waals surface area contributed by atoms with Crippen LogP contribution in [-0.2, 0) is 11.3 Å². The van der Waals surface area contributed by atoms with Gasteiger partial charge in [-0.15, -0.1) is 0 Å². The van der Waals surface area contributed by atoms with E-state index in [1.807, 2.05) is 18.2 Å². The molecule has 0 amide bonds. The lowest BCUT2D eigenvalue weighted by molar-refractivity contribution is -0.133. The van der Waals surface area contributed by atoms with Crippen LogP contribution in [0.3, 0.4) is 0 Å². The molecule has 1 N–H and O–H groups in total. The van der Waals surface area contributed by atoms with Gasteiger partial charge in [-0.25, -0.2) is 4.98 Å². The van der Waals surface area contributed by atoms with Gasteiger partial charge in [0.05, 0.1) is 23.9 Å². The van der Waals surface area contributed by atoms with Crippen molar-refractivity contribution in [2.45, 2.75) is 24.5 Å². The van der Waals surface area contributed by atoms with E-state index in [4.69, 9.17) is 9.84 Å². The first kappa shape index (κ1) is 13.3. The molecule has 0 bridgehead atoms. The van der Waals surface area contributed by atoms with Crippen molar-refractivity contribution in [1.29, 1.82) is 0 Å². The van der Waals surface area contributed by atoms with Crippen molar-refractivity contribution in [3.63, 3.8) is 0 Å². The predicted octanol–water partition coefficient (Wildman–Crippen LogP) is 2.63. The molecule has 2 aromatic rings. The van der Waals surface area contributed by atoms with E-state index in [0.29, 0.717) is 5.92 Å². The van der Waals surface area contributed by atoms with Crippen LogP contribution in [0.5, 0.6) is 5.75 Å². The summed E-state index contributed by atoms with van der Waals surface area (Å²) >= 11 is 1.28. The molecule has 0 aliphatic heterocycles. The van der Waals surface area contributed by atoms with E-state index in [2.05, 4.69) is 9.55 Å². The summed E-state index contributed by atoms with van der Waals surface area (Å²) in [5.74, 6) is 0.685. The minimum absolute atomic E-state index is 0.0329. The zero-order valence-electron chi connectivity index (χ0n) is 11.2. The zero-order chi connectivity index (χ0) is 14.1. The zero-order valence-corrected chi connectivity index (χ0v) is 12.0. The third kappa shape index (κ3) is 2.75. The van der Waals surface area contributed by atoms with Gasteiger partial charge in [0.2, 0.25) is 0 Å². The largest absolute Gasteiger partial charge is 0.497 e. The second kappa shape index (κ2) is 5.36. The smallest absolute Gasteiger partial charge is 0.313 e. The number of hydrogen-bond acceptors (Lipinski definition) is 4. The van der Waals surface area contributed by atoms with E-state index < -0.39 is 5.97 Å². The summed E-state index contributed by atoms with van der Waals surface area (Å²) in [5.41, 5.74) is 1.91. The monoisotopic (exact) mass is 292 g/mol. The second-order valence-electron chi connectivity index (χ2n) is 4.99. The molecule has 0 saturated heterocycles. The summed E-state index contributed by atoms with van der Waals surface area (Å²) in [4.78, 5) is 15.3. The number of ether oxygens (including phenoxy) is 1. The van der Waals surface area contributed by atoms with Gasteiger partial charge in [-0.2, -0.15) is 0 Å². The standard InChI is InChI=1S/C14H16N2O3S/c1-19-10-4-5-12-11(6-10)15-14(20-8-13(17)18)16(12)7-9-2-3-9/h4-6,9H,2-3,7-8H2,1H3,(H,17,18). The predicted molar refractivity (Wildman–Crippen MR) is 77.4 cm³/mol. The van der Waals surface area contributed by atoms with Crippen LogP contribution in [0.25, 0.3) is 11.0 Å². The highest BCUT2D eigenvalue weighted by Gasteiger charge is 2.24. The highest BCUT2D eigenvalue weighted by atomic mass is 32.2. The maximum atomic E-state index is 10.8. The molecule has 20 heavy (non-hydrogen) atoms. The number of benzene rings is 1. The lowest BCUT2D eigenvalue weighted by Gasteiger charge is -2.07. The van der Waals surface area contributed by atoms with Gasteiger partial charge in [0.1, 0.15) is 5.75 Å². The molecule has 1 heterocycles. The number of methoxy groups -OCH3 is 1. The Balaban J connectivity index is 1.98. The summed E-state index contributed by atoms with van der Waals surface area (Å²) in [5, 5.41) is 9.62. The van der Waals surface area contributed by atoms with Crippen LogP contribution in [0.15, 0.2) is 23.4 Å². The Labute approximate surface area is 120 Å². The first-order valence-corrected chi connectivity index (χ1v) is 7.55. The number of hydrogen-bond donors (Lipinski definition) is 1. The number of aromatic nitrogens is 2. The summed E-state index contributed by atoms with van der Waals surface area (Å²) in [6.07, 6.45) is 2.50. The van der Waals surface area contributed by atoms with Gasteiger partial charge >= 0.3 is 5.97 Å². The SMILES string of the molecule is COc1ccc2c(c1)nc(SCC(=O)O)n2CC1CC1. The van der Waals surface area contributed by atoms with Gasteiger partial charge < -0.3 is 14.4 Å². The third-order valence-corrected chi connectivity index (χ3v) is 4.34. The van der Waals surface area contributed by atoms with Crippen LogP contribution >= 0.6 is 11.8 Å². The van der Waals surface area contributed by atoms with Gasteiger partial charge in [-0.3, -0.25) is 4.79 Å². The molecule has 0 radical (unpaired) electrons. The Morgan fingerprint density at radius 1 is 1.55 bits per heavy atom. The molecule has 1 aliphatic rings. The number of rotatable bonds is 6. The molecule has 1 aliphatic carbocycles. The average Bonchev–Trinajstić information content (AvgIpc) is 3.18. The molecule has 3 rings (SSSR count). The number of carboxylic acids is 1. The molecule has 1 fully saturated rings. The molecular weight excluding hydrogens is 276 g/mol. The molecule has 0 spiro atoms. The molecule has 6 heteroatoms. The molecule has 1 saturated carbocycles. The van der Waals surface area contributed by atoms with Crippen LogP contribution in [0, 0.1) is 5.92 Å². The van der Waals surface area contributed by atoms with Crippen molar-refractivity contribution in [1.82, 2.24) is 9.55 Å². The number of fused-ring (bicyclic) bond motifs is 1. The lowest BCUT2D eigenvalue weighted by Crippen LogP contribution is -2.04. The van der Waals surface area contributed by atoms with Gasteiger partial charge in [0.15, 0.2) is 5.16 Å². The molecule has 5 nitrogen and oxygen atoms in total. The molecule has 1 aromatic carbocycles. The number of carboxylic acid groups (broad SMARTS) is 1. The van der Waals surface area contributed by atoms with Crippen LogP contribution in [0.1, 0.15) is 12.8 Å². The minimum atomic E-state index is -0.822. The van der Waals surface area contributed by atoms with Crippen LogP contribution in [-0.4, -0.2) is 33.5 Å². The summed E-state index contributed by atoms with van der Waals surface area (Å²) in [6.45, 7) is 0.921. The van der Waals surface area contributed by atoms with Gasteiger partial charge in [-0.1, -0.05) is 11.8 Å². The molecule has 0 atom stereocenters. The Kier molecular flexibility index (Phi) is 3.56. The summed E-state index contributed by atoms with van der Waals surface area (Å²) in [7, 11) is 1.63. The maximum absolute atomic E-state index is 10.8. The highest BCUT2D eigenvalue weighted by Crippen LogP contribution is 2.35. The lowest BCUT2D eigenvalue weighted by atomic mass is 10.3. The van der Waals surface area contributed by atoms with Crippen LogP contribution in [0.2, 0.25) is 0 Å². The fourth-order valence-corrected chi connectivity index (χ4v) is 2.93. The molecule has 1 aromatic heterocycles. The second-order valence-corrected chi connectivity index (χ2v) is 5.93. The van der Waals surface area contributed by atoms with E-state index in [1.165, 1.54) is 24.6 Å². The highest BCUT2D eigenvalue weighted by molar-refractivity contribution is 7.99. The van der Waals surface area contributed by atoms with Crippen molar-refractivity contribution in [3.05, 3.63) is 18.2 Å². The van der Waals surface area contributed by atoms with Crippen LogP contribution in [0.4, 0.5) is 0 Å². The minimum Gasteiger partial charge on any atom is -0.497 e. The number of nitrogens with zero attached hydrogens (tertiary/aromatic N) is 2. The number of aliphatic carboxylic acids is 1. The number of carbonyl (C=O) groups is 1. The van der Waals surface area contributed by atoms with E-state index in [1.54, 1.807) is 7.11 Å². The van der Waals surface area contributed by atoms with Crippen molar-refractivity contribution >= 4 is 28.8 Å². The van der Waals surface area contributed by atoms with Crippen LogP contribution < -0.4 is 4.74 Å². The number of imidazole rings is 1. The average molecular weight is 292 g/mol. The first-order chi connectivity index (χ1) is 9.67. The van der Waals surface area contributed by atoms with E-state index in [9.17, 15) is 4.79 Å². The molecule has 106 valence electrons. The topological polar surface area (TPSA) is 64.3 Å². The van der Waals surface area contributed by atoms with E-state index in [0.717, 1.165) is 28.5 Å². The summed E-state index contributed by atoms with van der Waals surface area (Å²) in [6, 6.07) is 5.80. The Hall–Kier alpha value is -1.69. The fraction of sp³-hybridized carbons (Fsp3) is 0.429. The van der Waals surface area contributed by atoms with Crippen molar-refractivity contribution < 1.29 is 14.6 Å². The fourth-order valence-electron chi connectivity index (χ4n) is 2.19. The Morgan fingerprint density at radius 2 is 2.35 bits per heavy atom. The van der Waals surface area contributed by atoms with E-state index >= 15 is 0 Å². The van der Waals surface area contributed by atoms with Gasteiger partial charge in [0.25, 0.3) is 0 Å². The molecular formula is C14H16N2O3S. The normalized spacial score (nSPS) is 14.7. The maximum Gasteiger partial charge on any atom is 0.313 e. The van der Waals surface area contributed by atoms with Crippen molar-refractivity contribution in [2.24, 2.45) is 5.92 Å².